The largest absolute Gasteiger partial charge is 0.385 e. The van der Waals surface area contributed by atoms with Gasteiger partial charge in [-0.25, -0.2) is 13.1 Å². The number of rotatable bonds is 6. The average molecular weight is 298 g/mol. The highest BCUT2D eigenvalue weighted by atomic mass is 32.2. The molecule has 0 aliphatic carbocycles. The zero-order chi connectivity index (χ0) is 15.4. The molecule has 1 rings (SSSR count). The van der Waals surface area contributed by atoms with Crippen LogP contribution in [0.4, 0.5) is 5.69 Å². The van der Waals surface area contributed by atoms with Crippen LogP contribution in [0.3, 0.4) is 0 Å². The molecule has 0 fully saturated rings. The van der Waals surface area contributed by atoms with E-state index in [-0.39, 0.29) is 11.5 Å². The van der Waals surface area contributed by atoms with E-state index in [1.165, 1.54) is 0 Å². The Morgan fingerprint density at radius 3 is 2.15 bits per heavy atom. The second-order valence-corrected chi connectivity index (χ2v) is 7.87. The first-order valence-electron chi connectivity index (χ1n) is 7.03. The van der Waals surface area contributed by atoms with Crippen LogP contribution in [0.2, 0.25) is 0 Å². The standard InChI is InChI=1S/C15H26N2O2S/c1-6-11-16-13-7-9-14(10-8-13)20(18,19)17-12(2)15(3,4)5/h7-10,12,16-17H,6,11H2,1-5H3. The number of sulfonamides is 1. The molecule has 0 heterocycles. The predicted octanol–water partition coefficient (Wildman–Crippen LogP) is 3.22. The van der Waals surface area contributed by atoms with Crippen LogP contribution in [0.25, 0.3) is 0 Å². The lowest BCUT2D eigenvalue weighted by molar-refractivity contribution is 0.317. The van der Waals surface area contributed by atoms with Gasteiger partial charge in [-0.05, 0) is 43.0 Å². The number of hydrogen-bond acceptors (Lipinski definition) is 3. The molecule has 0 aliphatic heterocycles. The van der Waals surface area contributed by atoms with Crippen molar-refractivity contribution in [1.82, 2.24) is 4.72 Å². The Morgan fingerprint density at radius 2 is 1.70 bits per heavy atom. The summed E-state index contributed by atoms with van der Waals surface area (Å²) in [5, 5.41) is 3.22. The topological polar surface area (TPSA) is 58.2 Å². The number of nitrogens with one attached hydrogen (secondary N) is 2. The van der Waals surface area contributed by atoms with Gasteiger partial charge in [-0.2, -0.15) is 0 Å². The first-order chi connectivity index (χ1) is 9.16. The summed E-state index contributed by atoms with van der Waals surface area (Å²) in [7, 11) is -3.46. The summed E-state index contributed by atoms with van der Waals surface area (Å²) >= 11 is 0. The number of hydrogen-bond donors (Lipinski definition) is 2. The summed E-state index contributed by atoms with van der Waals surface area (Å²) in [6.45, 7) is 10.9. The van der Waals surface area contributed by atoms with Crippen molar-refractivity contribution >= 4 is 15.7 Å². The zero-order valence-electron chi connectivity index (χ0n) is 13.0. The lowest BCUT2D eigenvalue weighted by atomic mass is 9.89. The van der Waals surface area contributed by atoms with Crippen LogP contribution in [0.5, 0.6) is 0 Å². The van der Waals surface area contributed by atoms with E-state index in [9.17, 15) is 8.42 Å². The monoisotopic (exact) mass is 298 g/mol. The number of benzene rings is 1. The molecule has 1 unspecified atom stereocenters. The van der Waals surface area contributed by atoms with E-state index in [1.807, 2.05) is 27.7 Å². The highest BCUT2D eigenvalue weighted by molar-refractivity contribution is 7.89. The SMILES string of the molecule is CCCNc1ccc(S(=O)(=O)NC(C)C(C)(C)C)cc1. The minimum Gasteiger partial charge on any atom is -0.385 e. The average Bonchev–Trinajstić information content (AvgIpc) is 2.35. The summed E-state index contributed by atoms with van der Waals surface area (Å²) < 4.78 is 27.3. The summed E-state index contributed by atoms with van der Waals surface area (Å²) in [5.41, 5.74) is 0.824. The quantitative estimate of drug-likeness (QED) is 0.848. The van der Waals surface area contributed by atoms with Crippen molar-refractivity contribution in [2.24, 2.45) is 5.41 Å². The van der Waals surface area contributed by atoms with Crippen LogP contribution in [0.15, 0.2) is 29.2 Å². The summed E-state index contributed by atoms with van der Waals surface area (Å²) in [4.78, 5) is 0.302. The van der Waals surface area contributed by atoms with Crippen LogP contribution in [-0.2, 0) is 10.0 Å². The molecule has 0 radical (unpaired) electrons. The third kappa shape index (κ3) is 4.80. The second kappa shape index (κ2) is 6.59. The predicted molar refractivity (Wildman–Crippen MR) is 84.5 cm³/mol. The van der Waals surface area contributed by atoms with Crippen molar-refractivity contribution in [3.05, 3.63) is 24.3 Å². The first-order valence-corrected chi connectivity index (χ1v) is 8.51. The van der Waals surface area contributed by atoms with Crippen molar-refractivity contribution in [1.29, 1.82) is 0 Å². The fourth-order valence-electron chi connectivity index (χ4n) is 1.50. The molecule has 20 heavy (non-hydrogen) atoms. The highest BCUT2D eigenvalue weighted by Gasteiger charge is 2.25. The lowest BCUT2D eigenvalue weighted by Crippen LogP contribution is -2.41. The van der Waals surface area contributed by atoms with Crippen LogP contribution in [-0.4, -0.2) is 21.0 Å². The van der Waals surface area contributed by atoms with Crippen molar-refractivity contribution in [2.45, 2.75) is 52.0 Å². The van der Waals surface area contributed by atoms with Crippen LogP contribution in [0.1, 0.15) is 41.0 Å². The molecular formula is C15H26N2O2S. The molecule has 4 nitrogen and oxygen atoms in total. The van der Waals surface area contributed by atoms with E-state index in [1.54, 1.807) is 24.3 Å². The van der Waals surface area contributed by atoms with Crippen LogP contribution >= 0.6 is 0 Å². The molecule has 0 amide bonds. The van der Waals surface area contributed by atoms with Gasteiger partial charge in [0.2, 0.25) is 10.0 Å². The van der Waals surface area contributed by atoms with Gasteiger partial charge < -0.3 is 5.32 Å². The lowest BCUT2D eigenvalue weighted by Gasteiger charge is -2.27. The maximum atomic E-state index is 12.3. The van der Waals surface area contributed by atoms with E-state index in [4.69, 9.17) is 0 Å². The van der Waals surface area contributed by atoms with Crippen LogP contribution < -0.4 is 10.0 Å². The molecule has 0 spiro atoms. The second-order valence-electron chi connectivity index (χ2n) is 6.16. The van der Waals surface area contributed by atoms with E-state index in [0.717, 1.165) is 18.7 Å². The minimum absolute atomic E-state index is 0.115. The van der Waals surface area contributed by atoms with E-state index in [2.05, 4.69) is 17.0 Å². The molecule has 0 bridgehead atoms. The van der Waals surface area contributed by atoms with Gasteiger partial charge in [-0.1, -0.05) is 27.7 Å². The Hall–Kier alpha value is -1.07. The molecule has 1 atom stereocenters. The molecular weight excluding hydrogens is 272 g/mol. The fraction of sp³-hybridized carbons (Fsp3) is 0.600. The summed E-state index contributed by atoms with van der Waals surface area (Å²) in [6.07, 6.45) is 1.03. The van der Waals surface area contributed by atoms with Crippen molar-refractivity contribution in [2.75, 3.05) is 11.9 Å². The Balaban J connectivity index is 2.83. The fourth-order valence-corrected chi connectivity index (χ4v) is 2.95. The Bertz CT molecular complexity index is 516. The van der Waals surface area contributed by atoms with Crippen molar-refractivity contribution in [3.63, 3.8) is 0 Å². The van der Waals surface area contributed by atoms with Crippen LogP contribution in [0, 0.1) is 5.41 Å². The van der Waals surface area contributed by atoms with Gasteiger partial charge in [0.05, 0.1) is 4.90 Å². The molecule has 5 heteroatoms. The Morgan fingerprint density at radius 1 is 1.15 bits per heavy atom. The van der Waals surface area contributed by atoms with Gasteiger partial charge in [0, 0.05) is 18.3 Å². The van der Waals surface area contributed by atoms with Gasteiger partial charge in [-0.3, -0.25) is 0 Å². The van der Waals surface area contributed by atoms with Gasteiger partial charge >= 0.3 is 0 Å². The normalized spacial score (nSPS) is 14.1. The van der Waals surface area contributed by atoms with Crippen molar-refractivity contribution in [3.8, 4) is 0 Å². The van der Waals surface area contributed by atoms with E-state index >= 15 is 0 Å². The van der Waals surface area contributed by atoms with Gasteiger partial charge in [0.15, 0.2) is 0 Å². The molecule has 2 N–H and O–H groups in total. The molecule has 1 aromatic rings. The maximum Gasteiger partial charge on any atom is 0.240 e. The Labute approximate surface area is 123 Å². The molecule has 0 saturated carbocycles. The molecule has 114 valence electrons. The maximum absolute atomic E-state index is 12.3. The van der Waals surface area contributed by atoms with Gasteiger partial charge in [-0.15, -0.1) is 0 Å². The molecule has 0 aromatic heterocycles. The van der Waals surface area contributed by atoms with E-state index < -0.39 is 10.0 Å². The van der Waals surface area contributed by atoms with Gasteiger partial charge in [0.25, 0.3) is 0 Å². The molecule has 0 saturated heterocycles. The van der Waals surface area contributed by atoms with Crippen molar-refractivity contribution < 1.29 is 8.42 Å². The van der Waals surface area contributed by atoms with E-state index in [0.29, 0.717) is 4.90 Å². The number of anilines is 1. The third-order valence-electron chi connectivity index (χ3n) is 3.37. The third-order valence-corrected chi connectivity index (χ3v) is 4.93. The smallest absolute Gasteiger partial charge is 0.240 e. The molecule has 1 aromatic carbocycles. The zero-order valence-corrected chi connectivity index (χ0v) is 13.8. The highest BCUT2D eigenvalue weighted by Crippen LogP contribution is 2.21. The first kappa shape index (κ1) is 17.0. The minimum atomic E-state index is -3.46. The Kier molecular flexibility index (Phi) is 5.59. The molecule has 0 aliphatic rings. The summed E-state index contributed by atoms with van der Waals surface area (Å²) in [6, 6.07) is 6.73. The summed E-state index contributed by atoms with van der Waals surface area (Å²) in [5.74, 6) is 0. The van der Waals surface area contributed by atoms with Gasteiger partial charge in [0.1, 0.15) is 0 Å².